The molecule has 0 aliphatic carbocycles. The highest BCUT2D eigenvalue weighted by atomic mass is 16.2. The number of amides is 4. The normalized spacial score (nSPS) is 23.1. The molecule has 2 saturated heterocycles. The predicted octanol–water partition coefficient (Wildman–Crippen LogP) is 2.65. The average Bonchev–Trinajstić information content (AvgIpc) is 3.68. The number of para-hydroxylation sites is 1. The second-order valence-corrected chi connectivity index (χ2v) is 11.3. The second kappa shape index (κ2) is 12.5. The number of nitrogens with one attached hydrogen (secondary N) is 4. The average molecular weight is 578 g/mol. The minimum Gasteiger partial charge on any atom is -0.361 e. The Hall–Kier alpha value is -4.92. The van der Waals surface area contributed by atoms with E-state index in [1.165, 1.54) is 0 Å². The summed E-state index contributed by atoms with van der Waals surface area (Å²) in [5, 5.41) is 9.78. The zero-order chi connectivity index (χ0) is 29.8. The Morgan fingerprint density at radius 3 is 1.88 bits per heavy atom. The molecule has 2 aliphatic heterocycles. The van der Waals surface area contributed by atoms with Crippen LogP contribution >= 0.6 is 0 Å². The third-order valence-corrected chi connectivity index (χ3v) is 8.38. The number of fused-ring (bicyclic) bond motifs is 2. The molecule has 0 spiro atoms. The third kappa shape index (κ3) is 6.30. The molecule has 9 nitrogen and oxygen atoms in total. The SMILES string of the molecule is O=C1N[C@@H](Cc2ccccc2)C(=O)N2CCC[C@H]2C(=O)N[C@H](Cc2ccccc2)C(=O)N[C@H]1Cc1c[nH]c2ccccc12. The molecule has 3 aromatic carbocycles. The van der Waals surface area contributed by atoms with Crippen LogP contribution in [-0.2, 0) is 38.4 Å². The van der Waals surface area contributed by atoms with E-state index in [1.807, 2.05) is 91.1 Å². The van der Waals surface area contributed by atoms with Crippen LogP contribution in [0.25, 0.3) is 10.9 Å². The summed E-state index contributed by atoms with van der Waals surface area (Å²) < 4.78 is 0. The van der Waals surface area contributed by atoms with Crippen molar-refractivity contribution in [2.24, 2.45) is 0 Å². The van der Waals surface area contributed by atoms with Crippen molar-refractivity contribution in [3.63, 3.8) is 0 Å². The van der Waals surface area contributed by atoms with Crippen molar-refractivity contribution in [3.05, 3.63) is 108 Å². The van der Waals surface area contributed by atoms with Crippen LogP contribution in [0, 0.1) is 0 Å². The van der Waals surface area contributed by atoms with Crippen LogP contribution in [0.1, 0.15) is 29.5 Å². The van der Waals surface area contributed by atoms with E-state index in [9.17, 15) is 19.2 Å². The summed E-state index contributed by atoms with van der Waals surface area (Å²) in [6.07, 6.45) is 3.70. The van der Waals surface area contributed by atoms with Crippen molar-refractivity contribution >= 4 is 34.5 Å². The standard InChI is InChI=1S/C34H35N5O4/c40-31-27(18-22-10-3-1-4-11-22)37-33(42)30-16-9-17-39(30)34(43)29(19-23-12-5-2-6-13-23)38-32(41)28(36-31)20-24-21-35-26-15-8-7-14-25(24)26/h1-8,10-15,21,27-30,35H,9,16-20H2,(H,36,40)(H,37,42)(H,38,41)/t27-,28+,29+,30+/m1/s1. The van der Waals surface area contributed by atoms with Gasteiger partial charge < -0.3 is 25.8 Å². The molecule has 2 aliphatic rings. The fourth-order valence-electron chi connectivity index (χ4n) is 6.15. The number of carbonyl (C=O) groups is 4. The van der Waals surface area contributed by atoms with Crippen LogP contribution in [0.4, 0.5) is 0 Å². The molecule has 2 fully saturated rings. The molecular weight excluding hydrogens is 542 g/mol. The zero-order valence-electron chi connectivity index (χ0n) is 23.8. The quantitative estimate of drug-likeness (QED) is 0.281. The van der Waals surface area contributed by atoms with Crippen LogP contribution in [-0.4, -0.2) is 64.2 Å². The second-order valence-electron chi connectivity index (χ2n) is 11.3. The van der Waals surface area contributed by atoms with Crippen molar-refractivity contribution in [2.45, 2.75) is 56.3 Å². The molecule has 1 aromatic heterocycles. The van der Waals surface area contributed by atoms with Gasteiger partial charge in [0, 0.05) is 42.9 Å². The smallest absolute Gasteiger partial charge is 0.246 e. The maximum absolute atomic E-state index is 14.0. The number of hydrogen-bond donors (Lipinski definition) is 4. The molecule has 4 amide bonds. The van der Waals surface area contributed by atoms with Gasteiger partial charge >= 0.3 is 0 Å². The van der Waals surface area contributed by atoms with Gasteiger partial charge in [-0.2, -0.15) is 0 Å². The lowest BCUT2D eigenvalue weighted by molar-refractivity contribution is -0.143. The summed E-state index contributed by atoms with van der Waals surface area (Å²) in [7, 11) is 0. The number of H-pyrrole nitrogens is 1. The van der Waals surface area contributed by atoms with Crippen molar-refractivity contribution in [1.82, 2.24) is 25.8 Å². The zero-order valence-corrected chi connectivity index (χ0v) is 23.8. The third-order valence-electron chi connectivity index (χ3n) is 8.38. The van der Waals surface area contributed by atoms with E-state index in [1.54, 1.807) is 4.90 Å². The van der Waals surface area contributed by atoms with Crippen LogP contribution in [0.3, 0.4) is 0 Å². The van der Waals surface area contributed by atoms with Crippen molar-refractivity contribution in [3.8, 4) is 0 Å². The Balaban J connectivity index is 1.36. The van der Waals surface area contributed by atoms with E-state index in [0.717, 1.165) is 27.6 Å². The maximum Gasteiger partial charge on any atom is 0.246 e. The molecule has 9 heteroatoms. The highest BCUT2D eigenvalue weighted by Crippen LogP contribution is 2.22. The van der Waals surface area contributed by atoms with E-state index >= 15 is 0 Å². The number of nitrogens with zero attached hydrogens (tertiary/aromatic N) is 1. The molecule has 0 saturated carbocycles. The highest BCUT2D eigenvalue weighted by Gasteiger charge is 2.40. The monoisotopic (exact) mass is 577 g/mol. The molecule has 0 bridgehead atoms. The van der Waals surface area contributed by atoms with Gasteiger partial charge in [0.25, 0.3) is 0 Å². The first-order valence-electron chi connectivity index (χ1n) is 14.8. The number of rotatable bonds is 6. The van der Waals surface area contributed by atoms with Gasteiger partial charge in [-0.15, -0.1) is 0 Å². The molecular formula is C34H35N5O4. The van der Waals surface area contributed by atoms with E-state index in [2.05, 4.69) is 20.9 Å². The Kier molecular flexibility index (Phi) is 8.22. The predicted molar refractivity (Wildman–Crippen MR) is 163 cm³/mol. The number of aromatic amines is 1. The van der Waals surface area contributed by atoms with Gasteiger partial charge in [0.05, 0.1) is 0 Å². The Morgan fingerprint density at radius 1 is 0.628 bits per heavy atom. The van der Waals surface area contributed by atoms with Gasteiger partial charge in [-0.1, -0.05) is 78.9 Å². The molecule has 3 heterocycles. The summed E-state index contributed by atoms with van der Waals surface area (Å²) in [5.74, 6) is -1.56. The van der Waals surface area contributed by atoms with Gasteiger partial charge in [-0.05, 0) is 35.6 Å². The van der Waals surface area contributed by atoms with Crippen molar-refractivity contribution < 1.29 is 19.2 Å². The fraction of sp³-hybridized carbons (Fsp3) is 0.294. The summed E-state index contributed by atoms with van der Waals surface area (Å²) in [6.45, 7) is 0.409. The summed E-state index contributed by atoms with van der Waals surface area (Å²) in [6, 6.07) is 23.1. The molecule has 0 unspecified atom stereocenters. The van der Waals surface area contributed by atoms with Crippen molar-refractivity contribution in [2.75, 3.05) is 6.54 Å². The summed E-state index contributed by atoms with van der Waals surface area (Å²) >= 11 is 0. The fourth-order valence-corrected chi connectivity index (χ4v) is 6.15. The van der Waals surface area contributed by atoms with Crippen molar-refractivity contribution in [1.29, 1.82) is 0 Å². The number of benzene rings is 3. The molecule has 43 heavy (non-hydrogen) atoms. The van der Waals surface area contributed by atoms with E-state index in [4.69, 9.17) is 0 Å². The topological polar surface area (TPSA) is 123 Å². The number of hydrogen-bond acceptors (Lipinski definition) is 4. The molecule has 4 aromatic rings. The Labute approximate surface area is 250 Å². The summed E-state index contributed by atoms with van der Waals surface area (Å²) in [5.41, 5.74) is 3.53. The lowest BCUT2D eigenvalue weighted by Gasteiger charge is -2.32. The van der Waals surface area contributed by atoms with Gasteiger partial charge in [-0.25, -0.2) is 0 Å². The Bertz CT molecular complexity index is 1620. The van der Waals surface area contributed by atoms with Crippen LogP contribution < -0.4 is 16.0 Å². The van der Waals surface area contributed by atoms with E-state index in [0.29, 0.717) is 19.4 Å². The van der Waals surface area contributed by atoms with Crippen LogP contribution in [0.5, 0.6) is 0 Å². The van der Waals surface area contributed by atoms with E-state index in [-0.39, 0.29) is 31.1 Å². The Morgan fingerprint density at radius 2 is 1.19 bits per heavy atom. The molecule has 4 atom stereocenters. The molecule has 220 valence electrons. The number of carbonyl (C=O) groups excluding carboxylic acids is 4. The van der Waals surface area contributed by atoms with Crippen LogP contribution in [0.2, 0.25) is 0 Å². The number of aromatic nitrogens is 1. The largest absolute Gasteiger partial charge is 0.361 e. The minimum atomic E-state index is -0.984. The molecule has 6 rings (SSSR count). The van der Waals surface area contributed by atoms with Gasteiger partial charge in [0.1, 0.15) is 24.2 Å². The maximum atomic E-state index is 14.0. The lowest BCUT2D eigenvalue weighted by atomic mass is 9.99. The first kappa shape index (κ1) is 28.2. The van der Waals surface area contributed by atoms with E-state index < -0.39 is 36.0 Å². The highest BCUT2D eigenvalue weighted by molar-refractivity contribution is 5.98. The molecule has 4 N–H and O–H groups in total. The minimum absolute atomic E-state index is 0.201. The summed E-state index contributed by atoms with van der Waals surface area (Å²) in [4.78, 5) is 60.3. The van der Waals surface area contributed by atoms with Crippen LogP contribution in [0.15, 0.2) is 91.1 Å². The lowest BCUT2D eigenvalue weighted by Crippen LogP contribution is -2.62. The first-order chi connectivity index (χ1) is 21.0. The van der Waals surface area contributed by atoms with Gasteiger partial charge in [-0.3, -0.25) is 19.2 Å². The van der Waals surface area contributed by atoms with Gasteiger partial charge in [0.2, 0.25) is 23.6 Å². The van der Waals surface area contributed by atoms with Gasteiger partial charge in [0.15, 0.2) is 0 Å². The first-order valence-corrected chi connectivity index (χ1v) is 14.8. The molecule has 0 radical (unpaired) electrons.